The molecule has 0 amide bonds. The van der Waals surface area contributed by atoms with E-state index in [0.717, 1.165) is 16.7 Å². The monoisotopic (exact) mass is 570 g/mol. The molecule has 6 atom stereocenters. The van der Waals surface area contributed by atoms with Gasteiger partial charge in [-0.2, -0.15) is 0 Å². The summed E-state index contributed by atoms with van der Waals surface area (Å²) in [7, 11) is 5.84. The van der Waals surface area contributed by atoms with Crippen LogP contribution in [0, 0.1) is 23.7 Å². The first-order valence-electron chi connectivity index (χ1n) is 14.0. The summed E-state index contributed by atoms with van der Waals surface area (Å²) in [6.45, 7) is 0. The van der Waals surface area contributed by atoms with Crippen molar-refractivity contribution in [3.63, 3.8) is 0 Å². The van der Waals surface area contributed by atoms with E-state index in [2.05, 4.69) is 0 Å². The van der Waals surface area contributed by atoms with Gasteiger partial charge in [0.1, 0.15) is 17.1 Å². The van der Waals surface area contributed by atoms with Gasteiger partial charge in [0.05, 0.1) is 51.8 Å². The summed E-state index contributed by atoms with van der Waals surface area (Å²) in [5, 5.41) is 11.8. The number of aliphatic hydroxyl groups excluding tert-OH is 1. The number of esters is 2. The molecule has 3 aliphatic carbocycles. The Morgan fingerprint density at radius 1 is 0.667 bits per heavy atom. The highest BCUT2D eigenvalue weighted by molar-refractivity contribution is 6.04. The second kappa shape index (κ2) is 10.9. The fourth-order valence-corrected chi connectivity index (χ4v) is 7.48. The molecule has 8 heteroatoms. The average Bonchev–Trinajstić information content (AvgIpc) is 3.51. The van der Waals surface area contributed by atoms with Crippen LogP contribution in [0.2, 0.25) is 0 Å². The quantitative estimate of drug-likeness (QED) is 0.301. The van der Waals surface area contributed by atoms with Crippen molar-refractivity contribution in [3.8, 4) is 11.5 Å². The van der Waals surface area contributed by atoms with Gasteiger partial charge in [0.2, 0.25) is 0 Å². The Morgan fingerprint density at radius 2 is 1.12 bits per heavy atom. The van der Waals surface area contributed by atoms with E-state index in [1.165, 1.54) is 14.2 Å². The highest BCUT2D eigenvalue weighted by Gasteiger charge is 2.68. The van der Waals surface area contributed by atoms with Crippen LogP contribution in [-0.4, -0.2) is 57.7 Å². The predicted octanol–water partition coefficient (Wildman–Crippen LogP) is 4.28. The fraction of sp³-hybridized carbons (Fsp3) is 0.353. The number of hydrogen-bond acceptors (Lipinski definition) is 8. The Morgan fingerprint density at radius 3 is 1.57 bits per heavy atom. The molecule has 0 spiro atoms. The zero-order chi connectivity index (χ0) is 29.6. The Labute approximate surface area is 244 Å². The predicted molar refractivity (Wildman–Crippen MR) is 153 cm³/mol. The van der Waals surface area contributed by atoms with Crippen molar-refractivity contribution in [1.82, 2.24) is 0 Å². The number of ether oxygens (including phenoxy) is 5. The zero-order valence-corrected chi connectivity index (χ0v) is 24.0. The number of fused-ring (bicyclic) bond motifs is 5. The summed E-state index contributed by atoms with van der Waals surface area (Å²) in [6, 6.07) is 25.3. The minimum atomic E-state index is -1.13. The molecule has 0 radical (unpaired) electrons. The third-order valence-electron chi connectivity index (χ3n) is 9.30. The van der Waals surface area contributed by atoms with Crippen LogP contribution in [0.25, 0.3) is 0 Å². The van der Waals surface area contributed by atoms with Gasteiger partial charge in [-0.25, -0.2) is 9.59 Å². The molecule has 3 aromatic rings. The van der Waals surface area contributed by atoms with Crippen molar-refractivity contribution in [1.29, 1.82) is 0 Å². The van der Waals surface area contributed by atoms with Crippen LogP contribution in [-0.2, 0) is 29.4 Å². The third kappa shape index (κ3) is 4.12. The lowest BCUT2D eigenvalue weighted by atomic mass is 9.59. The molecular weight excluding hydrogens is 536 g/mol. The van der Waals surface area contributed by atoms with E-state index in [0.29, 0.717) is 29.1 Å². The van der Waals surface area contributed by atoms with Crippen LogP contribution in [0.1, 0.15) is 23.1 Å². The number of methoxy groups -OCH3 is 4. The number of hydrogen-bond donors (Lipinski definition) is 1. The molecule has 0 unspecified atom stereocenters. The van der Waals surface area contributed by atoms with E-state index in [-0.39, 0.29) is 23.7 Å². The molecule has 0 heterocycles. The molecule has 2 fully saturated rings. The Bertz CT molecular complexity index is 1450. The number of carbonyl (C=O) groups is 2. The lowest BCUT2D eigenvalue weighted by molar-refractivity contribution is -0.155. The van der Waals surface area contributed by atoms with Gasteiger partial charge in [0.15, 0.2) is 0 Å². The number of aliphatic hydroxyl groups is 1. The molecule has 6 rings (SSSR count). The van der Waals surface area contributed by atoms with Crippen molar-refractivity contribution in [3.05, 3.63) is 107 Å². The van der Waals surface area contributed by atoms with Crippen molar-refractivity contribution in [2.24, 2.45) is 23.7 Å². The summed E-state index contributed by atoms with van der Waals surface area (Å²) in [5.74, 6) is -0.706. The zero-order valence-electron chi connectivity index (χ0n) is 24.0. The van der Waals surface area contributed by atoms with Gasteiger partial charge in [-0.3, -0.25) is 0 Å². The number of benzene rings is 3. The summed E-state index contributed by atoms with van der Waals surface area (Å²) in [6.07, 6.45) is -0.896. The minimum Gasteiger partial charge on any atom is -0.497 e. The van der Waals surface area contributed by atoms with Gasteiger partial charge in [-0.05, 0) is 59.2 Å². The molecule has 1 N–H and O–H groups in total. The Kier molecular flexibility index (Phi) is 7.29. The molecular formula is C34H34O8. The van der Waals surface area contributed by atoms with Crippen LogP contribution in [0.4, 0.5) is 0 Å². The lowest BCUT2D eigenvalue weighted by Gasteiger charge is -2.49. The van der Waals surface area contributed by atoms with Crippen molar-refractivity contribution >= 4 is 11.9 Å². The summed E-state index contributed by atoms with van der Waals surface area (Å²) in [5.41, 5.74) is 2.09. The Hall–Kier alpha value is -4.14. The van der Waals surface area contributed by atoms with Crippen LogP contribution >= 0.6 is 0 Å². The fourth-order valence-electron chi connectivity index (χ4n) is 7.48. The third-order valence-corrected chi connectivity index (χ3v) is 9.30. The summed E-state index contributed by atoms with van der Waals surface area (Å²) in [4.78, 5) is 25.6. The van der Waals surface area contributed by atoms with E-state index in [4.69, 9.17) is 23.7 Å². The molecule has 218 valence electrons. The van der Waals surface area contributed by atoms with Gasteiger partial charge < -0.3 is 28.8 Å². The Balaban J connectivity index is 1.50. The maximum absolute atomic E-state index is 12.9. The van der Waals surface area contributed by atoms with Gasteiger partial charge >= 0.3 is 11.9 Å². The first kappa shape index (κ1) is 28.0. The SMILES string of the molecule is COC(=O)C1=C(C(=O)OC)[C@H]2[C@H]3C[C@H]([C@@H](OC(c4ccccc4)(c4ccc(OC)cc4)c4ccc(OC)cc4)[C@@H]3O)[C@@H]12. The topological polar surface area (TPSA) is 101 Å². The molecule has 2 saturated carbocycles. The largest absolute Gasteiger partial charge is 0.497 e. The normalized spacial score (nSPS) is 25.8. The van der Waals surface area contributed by atoms with Gasteiger partial charge in [0.25, 0.3) is 0 Å². The standard InChI is InChI=1S/C34H34O8/c1-38-22-14-10-20(11-15-22)34(19-8-6-5-7-9-19,21-12-16-23(39-2)17-13-21)42-31-25-18-24(30(31)35)26-27(25)29(33(37)41-4)28(26)32(36)40-3/h5-17,24-27,30-31,35H,18H2,1-4H3/t24-,25+,26+,27-,30-,31-/m1/s1. The molecule has 3 aromatic carbocycles. The van der Waals surface area contributed by atoms with E-state index in [9.17, 15) is 14.7 Å². The molecule has 0 aromatic heterocycles. The summed E-state index contributed by atoms with van der Waals surface area (Å²) >= 11 is 0. The minimum absolute atomic E-state index is 0.211. The molecule has 2 bridgehead atoms. The average molecular weight is 571 g/mol. The first-order chi connectivity index (χ1) is 20.4. The maximum Gasteiger partial charge on any atom is 0.334 e. The van der Waals surface area contributed by atoms with Crippen LogP contribution in [0.3, 0.4) is 0 Å². The lowest BCUT2D eigenvalue weighted by Crippen LogP contribution is -2.54. The second-order valence-electron chi connectivity index (χ2n) is 11.0. The van der Waals surface area contributed by atoms with Gasteiger partial charge in [-0.15, -0.1) is 0 Å². The second-order valence-corrected chi connectivity index (χ2v) is 11.0. The van der Waals surface area contributed by atoms with Crippen molar-refractivity contribution < 1.29 is 38.4 Å². The first-order valence-corrected chi connectivity index (χ1v) is 14.0. The van der Waals surface area contributed by atoms with Crippen LogP contribution in [0.15, 0.2) is 90.0 Å². The highest BCUT2D eigenvalue weighted by Crippen LogP contribution is 2.65. The number of carbonyl (C=O) groups excluding carboxylic acids is 2. The number of rotatable bonds is 9. The van der Waals surface area contributed by atoms with E-state index >= 15 is 0 Å². The van der Waals surface area contributed by atoms with E-state index < -0.39 is 29.7 Å². The molecule has 0 saturated heterocycles. The van der Waals surface area contributed by atoms with Gasteiger partial charge in [0, 0.05) is 11.8 Å². The molecule has 42 heavy (non-hydrogen) atoms. The smallest absolute Gasteiger partial charge is 0.334 e. The van der Waals surface area contributed by atoms with E-state index in [1.807, 2.05) is 78.9 Å². The molecule has 8 nitrogen and oxygen atoms in total. The highest BCUT2D eigenvalue weighted by atomic mass is 16.5. The maximum atomic E-state index is 12.9. The van der Waals surface area contributed by atoms with Crippen molar-refractivity contribution in [2.75, 3.05) is 28.4 Å². The van der Waals surface area contributed by atoms with Gasteiger partial charge in [-0.1, -0.05) is 54.6 Å². The molecule has 3 aliphatic rings. The van der Waals surface area contributed by atoms with Crippen LogP contribution < -0.4 is 9.47 Å². The molecule has 0 aliphatic heterocycles. The summed E-state index contributed by atoms with van der Waals surface area (Å²) < 4.78 is 28.2. The van der Waals surface area contributed by atoms with Crippen molar-refractivity contribution in [2.45, 2.75) is 24.2 Å². The van der Waals surface area contributed by atoms with E-state index in [1.54, 1.807) is 14.2 Å². The van der Waals surface area contributed by atoms with Crippen LogP contribution in [0.5, 0.6) is 11.5 Å².